The van der Waals surface area contributed by atoms with Gasteiger partial charge in [0.05, 0.1) is 10.6 Å². The van der Waals surface area contributed by atoms with Crippen molar-refractivity contribution in [1.82, 2.24) is 4.90 Å². The van der Waals surface area contributed by atoms with Crippen LogP contribution in [0.15, 0.2) is 40.9 Å². The van der Waals surface area contributed by atoms with E-state index in [2.05, 4.69) is 72.8 Å². The molecule has 2 aliphatic rings. The molecule has 1 aliphatic heterocycles. The van der Waals surface area contributed by atoms with Crippen molar-refractivity contribution in [2.24, 2.45) is 10.8 Å². The van der Waals surface area contributed by atoms with E-state index in [0.29, 0.717) is 16.6 Å². The Balaban J connectivity index is 1.55. The molecule has 0 N–H and O–H groups in total. The number of halogens is 2. The van der Waals surface area contributed by atoms with Crippen molar-refractivity contribution in [2.75, 3.05) is 0 Å². The second-order valence-corrected chi connectivity index (χ2v) is 10.4. The largest absolute Gasteiger partial charge is 0.489 e. The monoisotopic (exact) mass is 458 g/mol. The lowest BCUT2D eigenvalue weighted by Crippen LogP contribution is -2.74. The van der Waals surface area contributed by atoms with Crippen LogP contribution >= 0.6 is 27.5 Å². The van der Waals surface area contributed by atoms with Crippen LogP contribution in [0, 0.1) is 22.2 Å². The minimum atomic E-state index is -0.0108. The van der Waals surface area contributed by atoms with Crippen molar-refractivity contribution in [3.05, 3.63) is 62.6 Å². The van der Waals surface area contributed by atoms with Gasteiger partial charge in [0.2, 0.25) is 0 Å². The van der Waals surface area contributed by atoms with Crippen LogP contribution in [-0.2, 0) is 13.1 Å². The quantitative estimate of drug-likeness (QED) is 0.550. The van der Waals surface area contributed by atoms with E-state index in [9.17, 15) is 0 Å². The van der Waals surface area contributed by atoms with Crippen LogP contribution in [0.1, 0.15) is 44.4 Å². The molecule has 2 aromatic carbocycles. The van der Waals surface area contributed by atoms with Crippen molar-refractivity contribution >= 4 is 27.5 Å². The molecule has 0 radical (unpaired) electrons. The van der Waals surface area contributed by atoms with Gasteiger partial charge in [0, 0.05) is 40.5 Å². The first kappa shape index (κ1) is 19.8. The Labute approximate surface area is 180 Å². The van der Waals surface area contributed by atoms with Crippen LogP contribution in [0.4, 0.5) is 0 Å². The number of ether oxygens (including phenoxy) is 1. The van der Waals surface area contributed by atoms with Gasteiger partial charge in [0.25, 0.3) is 0 Å². The lowest BCUT2D eigenvalue weighted by atomic mass is 9.49. The molecule has 28 heavy (non-hydrogen) atoms. The molecule has 4 rings (SSSR count). The van der Waals surface area contributed by atoms with Crippen LogP contribution < -0.4 is 4.74 Å². The topological polar surface area (TPSA) is 36.3 Å². The number of nitriles is 1. The van der Waals surface area contributed by atoms with Gasteiger partial charge in [0.15, 0.2) is 0 Å². The van der Waals surface area contributed by atoms with Crippen molar-refractivity contribution in [3.63, 3.8) is 0 Å². The van der Waals surface area contributed by atoms with Crippen LogP contribution in [0.5, 0.6) is 5.75 Å². The second kappa shape index (κ2) is 6.76. The van der Waals surface area contributed by atoms with Gasteiger partial charge in [-0.2, -0.15) is 5.26 Å². The van der Waals surface area contributed by atoms with Gasteiger partial charge in [-0.3, -0.25) is 4.90 Å². The molecule has 0 spiro atoms. The zero-order chi connectivity index (χ0) is 20.3. The average Bonchev–Trinajstić information content (AvgIpc) is 3.00. The standard InChI is InChI=1S/C23H24BrClN2O/c1-22(2)20(27-12-15-5-7-17(24)9-16(15)13-27)23(3,4)21(22)28-18-8-6-14(11-26)19(25)10-18/h5-10,20-21H,12-13H2,1-4H3/t20-,21-. The number of hydrogen-bond donors (Lipinski definition) is 0. The molecule has 3 nitrogen and oxygen atoms in total. The predicted octanol–water partition coefficient (Wildman–Crippen LogP) is 6.17. The summed E-state index contributed by atoms with van der Waals surface area (Å²) in [6, 6.07) is 14.4. The lowest BCUT2D eigenvalue weighted by molar-refractivity contribution is -0.211. The molecule has 1 fully saturated rings. The van der Waals surface area contributed by atoms with Crippen molar-refractivity contribution < 1.29 is 4.74 Å². The van der Waals surface area contributed by atoms with Gasteiger partial charge in [-0.15, -0.1) is 0 Å². The van der Waals surface area contributed by atoms with E-state index in [0.717, 1.165) is 23.3 Å². The fourth-order valence-electron chi connectivity index (χ4n) is 5.72. The molecule has 1 aliphatic carbocycles. The maximum Gasteiger partial charge on any atom is 0.121 e. The van der Waals surface area contributed by atoms with E-state index in [-0.39, 0.29) is 16.9 Å². The molecule has 0 atom stereocenters. The molecule has 0 bridgehead atoms. The van der Waals surface area contributed by atoms with E-state index in [1.807, 2.05) is 6.07 Å². The highest BCUT2D eigenvalue weighted by molar-refractivity contribution is 9.10. The summed E-state index contributed by atoms with van der Waals surface area (Å²) in [5.74, 6) is 0.724. The third-order valence-corrected chi connectivity index (χ3v) is 7.16. The van der Waals surface area contributed by atoms with Crippen molar-refractivity contribution in [2.45, 2.75) is 52.9 Å². The van der Waals surface area contributed by atoms with Gasteiger partial charge >= 0.3 is 0 Å². The van der Waals surface area contributed by atoms with E-state index in [1.165, 1.54) is 11.1 Å². The summed E-state index contributed by atoms with van der Waals surface area (Å²) in [4.78, 5) is 2.59. The average molecular weight is 460 g/mol. The Hall–Kier alpha value is -1.54. The Bertz CT molecular complexity index is 963. The fraction of sp³-hybridized carbons (Fsp3) is 0.435. The second-order valence-electron chi connectivity index (χ2n) is 9.11. The number of nitrogens with zero attached hydrogens (tertiary/aromatic N) is 2. The molecule has 0 saturated heterocycles. The SMILES string of the molecule is CC1(C)[C@H](Oc2ccc(C#N)c(Cl)c2)C(C)(C)[C@H]1N1Cc2ccc(Br)cc2C1. The predicted molar refractivity (Wildman–Crippen MR) is 115 cm³/mol. The summed E-state index contributed by atoms with van der Waals surface area (Å²) in [6.45, 7) is 11.1. The first-order valence-electron chi connectivity index (χ1n) is 9.52. The summed E-state index contributed by atoms with van der Waals surface area (Å²) in [7, 11) is 0. The summed E-state index contributed by atoms with van der Waals surface area (Å²) < 4.78 is 7.56. The summed E-state index contributed by atoms with van der Waals surface area (Å²) >= 11 is 9.79. The molecular weight excluding hydrogens is 436 g/mol. The van der Waals surface area contributed by atoms with E-state index < -0.39 is 0 Å². The van der Waals surface area contributed by atoms with Gasteiger partial charge < -0.3 is 4.74 Å². The molecule has 0 amide bonds. The maximum absolute atomic E-state index is 9.08. The number of fused-ring (bicyclic) bond motifs is 1. The Kier molecular flexibility index (Phi) is 4.77. The highest BCUT2D eigenvalue weighted by atomic mass is 79.9. The lowest BCUT2D eigenvalue weighted by Gasteiger charge is -2.65. The summed E-state index contributed by atoms with van der Waals surface area (Å²) in [5, 5.41) is 9.52. The van der Waals surface area contributed by atoms with Gasteiger partial charge in [0.1, 0.15) is 17.9 Å². The third kappa shape index (κ3) is 3.05. The number of hydrogen-bond acceptors (Lipinski definition) is 3. The third-order valence-electron chi connectivity index (χ3n) is 6.36. The van der Waals surface area contributed by atoms with Crippen LogP contribution in [0.25, 0.3) is 0 Å². The number of benzene rings is 2. The molecule has 2 aromatic rings. The van der Waals surface area contributed by atoms with Crippen molar-refractivity contribution in [1.29, 1.82) is 5.26 Å². The fourth-order valence-corrected chi connectivity index (χ4v) is 6.34. The minimum Gasteiger partial charge on any atom is -0.489 e. The maximum atomic E-state index is 9.08. The summed E-state index contributed by atoms with van der Waals surface area (Å²) in [5.41, 5.74) is 3.27. The molecule has 5 heteroatoms. The van der Waals surface area contributed by atoms with Crippen LogP contribution in [-0.4, -0.2) is 17.0 Å². The Morgan fingerprint density at radius 2 is 1.75 bits per heavy atom. The van der Waals surface area contributed by atoms with Crippen LogP contribution in [0.3, 0.4) is 0 Å². The van der Waals surface area contributed by atoms with Gasteiger partial charge in [-0.05, 0) is 35.4 Å². The van der Waals surface area contributed by atoms with Crippen LogP contribution in [0.2, 0.25) is 5.02 Å². The first-order valence-corrected chi connectivity index (χ1v) is 10.7. The van der Waals surface area contributed by atoms with E-state index in [4.69, 9.17) is 21.6 Å². The Morgan fingerprint density at radius 3 is 2.39 bits per heavy atom. The van der Waals surface area contributed by atoms with Gasteiger partial charge in [-0.25, -0.2) is 0 Å². The molecule has 0 unspecified atom stereocenters. The first-order chi connectivity index (χ1) is 13.1. The number of rotatable bonds is 3. The molecular formula is C23H24BrClN2O. The van der Waals surface area contributed by atoms with Crippen molar-refractivity contribution in [3.8, 4) is 11.8 Å². The highest BCUT2D eigenvalue weighted by Crippen LogP contribution is 2.59. The zero-order valence-electron chi connectivity index (χ0n) is 16.6. The highest BCUT2D eigenvalue weighted by Gasteiger charge is 2.65. The van der Waals surface area contributed by atoms with E-state index in [1.54, 1.807) is 12.1 Å². The van der Waals surface area contributed by atoms with Gasteiger partial charge in [-0.1, -0.05) is 61.3 Å². The zero-order valence-corrected chi connectivity index (χ0v) is 18.9. The Morgan fingerprint density at radius 1 is 1.07 bits per heavy atom. The smallest absolute Gasteiger partial charge is 0.121 e. The minimum absolute atomic E-state index is 0.0108. The summed E-state index contributed by atoms with van der Waals surface area (Å²) in [6.07, 6.45) is 0.0597. The molecule has 0 aromatic heterocycles. The normalized spacial score (nSPS) is 24.9. The van der Waals surface area contributed by atoms with E-state index >= 15 is 0 Å². The molecule has 146 valence electrons. The molecule has 1 saturated carbocycles. The molecule has 1 heterocycles.